The van der Waals surface area contributed by atoms with E-state index < -0.39 is 0 Å². The van der Waals surface area contributed by atoms with E-state index in [-0.39, 0.29) is 0 Å². The molecule has 6 heteroatoms. The molecule has 4 rings (SSSR count). The van der Waals surface area contributed by atoms with Crippen molar-refractivity contribution < 1.29 is 9.68 Å². The maximum absolute atomic E-state index is 8.75. The van der Waals surface area contributed by atoms with Gasteiger partial charge in [0.15, 0.2) is 11.6 Å². The lowest BCUT2D eigenvalue weighted by molar-refractivity contribution is 0.454. The van der Waals surface area contributed by atoms with Crippen LogP contribution < -0.4 is 4.65 Å². The summed E-state index contributed by atoms with van der Waals surface area (Å²) < 4.78 is 7.00. The van der Waals surface area contributed by atoms with Gasteiger partial charge >= 0.3 is 7.69 Å². The molecule has 0 aliphatic heterocycles. The highest BCUT2D eigenvalue weighted by Crippen LogP contribution is 2.29. The Bertz CT molecular complexity index is 987. The summed E-state index contributed by atoms with van der Waals surface area (Å²) in [5.41, 5.74) is 2.87. The summed E-state index contributed by atoms with van der Waals surface area (Å²) in [6.45, 7) is 0. The van der Waals surface area contributed by atoms with Crippen molar-refractivity contribution in [2.75, 3.05) is 0 Å². The molecule has 0 aliphatic carbocycles. The van der Waals surface area contributed by atoms with Crippen molar-refractivity contribution in [2.45, 2.75) is 0 Å². The summed E-state index contributed by atoms with van der Waals surface area (Å²) in [6.07, 6.45) is 0. The first kappa shape index (κ1) is 16.1. The molecule has 0 aliphatic rings. The Balaban J connectivity index is 1.86. The van der Waals surface area contributed by atoms with E-state index in [0.717, 1.165) is 28.5 Å². The van der Waals surface area contributed by atoms with E-state index in [1.165, 1.54) is 0 Å². The Labute approximate surface area is 151 Å². The number of hydrogen-bond donors (Lipinski definition) is 1. The van der Waals surface area contributed by atoms with Gasteiger partial charge in [0.25, 0.3) is 0 Å². The lowest BCUT2D eigenvalue weighted by atomic mass is 10.1. The van der Waals surface area contributed by atoms with Gasteiger partial charge in [0.1, 0.15) is 5.75 Å². The summed E-state index contributed by atoms with van der Waals surface area (Å²) in [5.74, 6) is 2.05. The molecule has 3 aromatic carbocycles. The van der Waals surface area contributed by atoms with Gasteiger partial charge in [-0.2, -0.15) is 0 Å². The van der Waals surface area contributed by atoms with E-state index in [2.05, 4.69) is 10.2 Å². The first-order valence-corrected chi connectivity index (χ1v) is 8.16. The average Bonchev–Trinajstić information content (AvgIpc) is 3.15. The van der Waals surface area contributed by atoms with Gasteiger partial charge in [-0.15, -0.1) is 10.2 Å². The molecule has 0 saturated heterocycles. The fourth-order valence-electron chi connectivity index (χ4n) is 2.81. The minimum atomic E-state index is 0.547. The van der Waals surface area contributed by atoms with Crippen LogP contribution in [0.1, 0.15) is 0 Å². The van der Waals surface area contributed by atoms with E-state index in [9.17, 15) is 0 Å². The number of benzene rings is 3. The van der Waals surface area contributed by atoms with Crippen LogP contribution in [0.2, 0.25) is 0 Å². The number of para-hydroxylation sites is 1. The first-order chi connectivity index (χ1) is 12.9. The molecule has 4 aromatic rings. The van der Waals surface area contributed by atoms with Crippen LogP contribution in [0.15, 0.2) is 84.9 Å². The molecule has 125 valence electrons. The number of aromatic nitrogens is 3. The highest BCUT2D eigenvalue weighted by atomic mass is 16.5. The Morgan fingerprint density at radius 3 is 1.81 bits per heavy atom. The fourth-order valence-corrected chi connectivity index (χ4v) is 2.81. The van der Waals surface area contributed by atoms with Gasteiger partial charge in [-0.3, -0.25) is 4.57 Å². The molecule has 1 N–H and O–H groups in total. The molecule has 0 amide bonds. The van der Waals surface area contributed by atoms with Crippen molar-refractivity contribution in [1.82, 2.24) is 14.8 Å². The molecule has 0 unspecified atom stereocenters. The van der Waals surface area contributed by atoms with Crippen LogP contribution in [-0.4, -0.2) is 27.5 Å². The van der Waals surface area contributed by atoms with E-state index in [0.29, 0.717) is 13.4 Å². The predicted molar refractivity (Wildman–Crippen MR) is 101 cm³/mol. The maximum atomic E-state index is 8.75. The molecule has 1 radical (unpaired) electrons. The van der Waals surface area contributed by atoms with Gasteiger partial charge in [0.2, 0.25) is 0 Å². The van der Waals surface area contributed by atoms with Crippen LogP contribution in [0.3, 0.4) is 0 Å². The van der Waals surface area contributed by atoms with E-state index in [4.69, 9.17) is 9.68 Å². The van der Waals surface area contributed by atoms with E-state index in [1.807, 2.05) is 77.4 Å². The van der Waals surface area contributed by atoms with Crippen molar-refractivity contribution in [1.29, 1.82) is 0 Å². The Kier molecular flexibility index (Phi) is 4.49. The first-order valence-electron chi connectivity index (χ1n) is 8.16. The molecular formula is C20H15BN3O2. The molecule has 0 saturated carbocycles. The maximum Gasteiger partial charge on any atom is 0.569 e. The third kappa shape index (κ3) is 3.10. The summed E-state index contributed by atoms with van der Waals surface area (Å²) in [7, 11) is 0.662. The predicted octanol–water partition coefficient (Wildman–Crippen LogP) is 3.51. The molecule has 0 spiro atoms. The van der Waals surface area contributed by atoms with Gasteiger partial charge in [0.05, 0.1) is 0 Å². The largest absolute Gasteiger partial charge is 0.569 e. The second-order valence-corrected chi connectivity index (χ2v) is 5.63. The van der Waals surface area contributed by atoms with Gasteiger partial charge in [-0.05, 0) is 36.4 Å². The van der Waals surface area contributed by atoms with Crippen molar-refractivity contribution in [3.8, 4) is 34.2 Å². The van der Waals surface area contributed by atoms with E-state index in [1.54, 1.807) is 12.1 Å². The Morgan fingerprint density at radius 2 is 1.23 bits per heavy atom. The number of rotatable bonds is 5. The molecule has 0 bridgehead atoms. The standard InChI is InChI=1S/C20H15BN3O2/c25-21-26-18-13-11-16(12-14-18)20-23-22-19(15-7-3-1-4-8-15)24(20)17-9-5-2-6-10-17/h1-14,25H. The summed E-state index contributed by atoms with van der Waals surface area (Å²) in [6, 6.07) is 27.3. The fraction of sp³-hybridized carbons (Fsp3) is 0. The Hall–Kier alpha value is -3.38. The molecule has 0 fully saturated rings. The zero-order valence-corrected chi connectivity index (χ0v) is 13.9. The van der Waals surface area contributed by atoms with Crippen LogP contribution in [-0.2, 0) is 0 Å². The van der Waals surface area contributed by atoms with Crippen molar-refractivity contribution >= 4 is 7.69 Å². The number of nitrogens with zero attached hydrogens (tertiary/aromatic N) is 3. The van der Waals surface area contributed by atoms with Crippen molar-refractivity contribution in [3.63, 3.8) is 0 Å². The zero-order valence-electron chi connectivity index (χ0n) is 13.9. The van der Waals surface area contributed by atoms with Crippen LogP contribution in [0.4, 0.5) is 0 Å². The van der Waals surface area contributed by atoms with E-state index >= 15 is 0 Å². The topological polar surface area (TPSA) is 60.2 Å². The molecule has 1 heterocycles. The lowest BCUT2D eigenvalue weighted by Crippen LogP contribution is -2.01. The van der Waals surface area contributed by atoms with Gasteiger partial charge in [-0.25, -0.2) is 0 Å². The van der Waals surface area contributed by atoms with Crippen molar-refractivity contribution in [3.05, 3.63) is 84.9 Å². The molecule has 5 nitrogen and oxygen atoms in total. The second kappa shape index (κ2) is 7.25. The third-order valence-corrected chi connectivity index (χ3v) is 4.01. The second-order valence-electron chi connectivity index (χ2n) is 5.63. The Morgan fingerprint density at radius 1 is 0.692 bits per heavy atom. The van der Waals surface area contributed by atoms with Crippen molar-refractivity contribution in [2.24, 2.45) is 0 Å². The van der Waals surface area contributed by atoms with Crippen LogP contribution in [0.5, 0.6) is 5.75 Å². The van der Waals surface area contributed by atoms with Gasteiger partial charge in [0, 0.05) is 16.8 Å². The van der Waals surface area contributed by atoms with Crippen LogP contribution in [0, 0.1) is 0 Å². The monoisotopic (exact) mass is 340 g/mol. The van der Waals surface area contributed by atoms with Gasteiger partial charge in [-0.1, -0.05) is 48.5 Å². The normalized spacial score (nSPS) is 10.5. The lowest BCUT2D eigenvalue weighted by Gasteiger charge is -2.11. The average molecular weight is 340 g/mol. The molecule has 1 aromatic heterocycles. The number of hydrogen-bond acceptors (Lipinski definition) is 4. The smallest absolute Gasteiger partial charge is 0.537 e. The molecule has 0 atom stereocenters. The molecule has 26 heavy (non-hydrogen) atoms. The SMILES string of the molecule is O[B]Oc1ccc(-c2nnc(-c3ccccc3)n2-c2ccccc2)cc1. The highest BCUT2D eigenvalue weighted by Gasteiger charge is 2.16. The summed E-state index contributed by atoms with van der Waals surface area (Å²) in [4.78, 5) is 0. The minimum Gasteiger partial charge on any atom is -0.537 e. The minimum absolute atomic E-state index is 0.547. The summed E-state index contributed by atoms with van der Waals surface area (Å²) >= 11 is 0. The van der Waals surface area contributed by atoms with Gasteiger partial charge < -0.3 is 9.68 Å². The molecular weight excluding hydrogens is 325 g/mol. The zero-order chi connectivity index (χ0) is 17.8. The highest BCUT2D eigenvalue weighted by molar-refractivity contribution is 6.17. The van der Waals surface area contributed by atoms with Crippen LogP contribution >= 0.6 is 0 Å². The quantitative estimate of drug-likeness (QED) is 0.565. The third-order valence-electron chi connectivity index (χ3n) is 4.01. The summed E-state index contributed by atoms with van der Waals surface area (Å²) in [5, 5.41) is 17.6. The van der Waals surface area contributed by atoms with Crippen LogP contribution in [0.25, 0.3) is 28.5 Å².